The number of thiophene rings is 1. The minimum Gasteiger partial charge on any atom is -0.273 e. The second kappa shape index (κ2) is 6.57. The molecule has 0 saturated carbocycles. The van der Waals surface area contributed by atoms with Crippen LogP contribution in [-0.4, -0.2) is 20.5 Å². The molecule has 3 aromatic rings. The van der Waals surface area contributed by atoms with Crippen molar-refractivity contribution in [1.29, 1.82) is 0 Å². The van der Waals surface area contributed by atoms with Crippen LogP contribution in [0.2, 0.25) is 5.02 Å². The van der Waals surface area contributed by atoms with Crippen LogP contribution >= 0.6 is 22.9 Å². The quantitative estimate of drug-likeness (QED) is 0.535. The molecule has 3 heterocycles. The Morgan fingerprint density at radius 2 is 1.89 bits per heavy atom. The van der Waals surface area contributed by atoms with Gasteiger partial charge in [0, 0.05) is 21.0 Å². The first-order valence-electron chi connectivity index (χ1n) is 9.19. The number of hydrogen-bond acceptors (Lipinski definition) is 4. The normalized spacial score (nSPS) is 16.1. The van der Waals surface area contributed by atoms with Gasteiger partial charge in [-0.05, 0) is 50.8 Å². The average Bonchev–Trinajstić information content (AvgIpc) is 3.08. The van der Waals surface area contributed by atoms with Crippen LogP contribution in [0.1, 0.15) is 71.5 Å². The summed E-state index contributed by atoms with van der Waals surface area (Å²) in [5, 5.41) is 10.6. The molecule has 0 radical (unpaired) electrons. The number of benzene rings is 1. The molecule has 4 nitrogen and oxygen atoms in total. The third-order valence-electron chi connectivity index (χ3n) is 5.25. The monoisotopic (exact) mass is 398 g/mol. The highest BCUT2D eigenvalue weighted by Crippen LogP contribution is 2.39. The number of rotatable bonds is 2. The Hall–Kier alpha value is -1.98. The molecular weight excluding hydrogens is 376 g/mol. The van der Waals surface area contributed by atoms with Gasteiger partial charge in [0.2, 0.25) is 0 Å². The smallest absolute Gasteiger partial charge is 0.162 e. The summed E-state index contributed by atoms with van der Waals surface area (Å²) in [4.78, 5) is 6.36. The van der Waals surface area contributed by atoms with Crippen molar-refractivity contribution in [2.45, 2.75) is 53.5 Å². The van der Waals surface area contributed by atoms with Gasteiger partial charge >= 0.3 is 0 Å². The molecule has 6 heteroatoms. The molecule has 1 aliphatic heterocycles. The Balaban J connectivity index is 1.99. The standard InChI is InChI=1S/C21H23ClN4S/c1-10(2)16-8-7-15(9-17(16)22)19-18-11(3)13(5)27-21(18)26-14(6)24-25-20(26)12(4)23-19/h7-10,12H,1-6H3. The Morgan fingerprint density at radius 1 is 1.15 bits per heavy atom. The predicted molar refractivity (Wildman–Crippen MR) is 113 cm³/mol. The lowest BCUT2D eigenvalue weighted by molar-refractivity contribution is 0.724. The topological polar surface area (TPSA) is 43.1 Å². The summed E-state index contributed by atoms with van der Waals surface area (Å²) in [7, 11) is 0. The van der Waals surface area contributed by atoms with Gasteiger partial charge in [-0.25, -0.2) is 0 Å². The second-order valence-electron chi connectivity index (χ2n) is 7.45. The van der Waals surface area contributed by atoms with Crippen molar-refractivity contribution >= 4 is 28.6 Å². The molecule has 2 aromatic heterocycles. The van der Waals surface area contributed by atoms with Crippen LogP contribution in [0.4, 0.5) is 0 Å². The summed E-state index contributed by atoms with van der Waals surface area (Å²) >= 11 is 8.38. The van der Waals surface area contributed by atoms with Gasteiger partial charge in [-0.3, -0.25) is 9.56 Å². The maximum atomic E-state index is 6.61. The molecule has 1 aromatic carbocycles. The zero-order valence-corrected chi connectivity index (χ0v) is 18.0. The van der Waals surface area contributed by atoms with E-state index in [0.29, 0.717) is 5.92 Å². The maximum absolute atomic E-state index is 6.61. The van der Waals surface area contributed by atoms with Gasteiger partial charge in [0.15, 0.2) is 5.82 Å². The molecular formula is C21H23ClN4S. The van der Waals surface area contributed by atoms with E-state index in [1.165, 1.54) is 16.0 Å². The first kappa shape index (κ1) is 18.4. The second-order valence-corrected chi connectivity index (χ2v) is 9.06. The van der Waals surface area contributed by atoms with Gasteiger partial charge in [-0.15, -0.1) is 21.5 Å². The molecule has 0 spiro atoms. The molecule has 1 aliphatic rings. The van der Waals surface area contributed by atoms with E-state index in [1.807, 2.05) is 6.92 Å². The number of halogens is 1. The number of hydrogen-bond donors (Lipinski definition) is 0. The summed E-state index contributed by atoms with van der Waals surface area (Å²) in [6.07, 6.45) is 0. The molecule has 0 bridgehead atoms. The van der Waals surface area contributed by atoms with E-state index in [-0.39, 0.29) is 6.04 Å². The van der Waals surface area contributed by atoms with E-state index in [0.717, 1.165) is 38.5 Å². The van der Waals surface area contributed by atoms with Gasteiger partial charge in [-0.1, -0.05) is 37.6 Å². The number of fused-ring (bicyclic) bond motifs is 3. The van der Waals surface area contributed by atoms with Crippen molar-refractivity contribution in [1.82, 2.24) is 14.8 Å². The molecule has 27 heavy (non-hydrogen) atoms. The fourth-order valence-corrected chi connectivity index (χ4v) is 5.24. The molecule has 1 unspecified atom stereocenters. The Kier molecular flexibility index (Phi) is 4.47. The summed E-state index contributed by atoms with van der Waals surface area (Å²) in [5.74, 6) is 2.17. The van der Waals surface area contributed by atoms with Crippen LogP contribution in [0.15, 0.2) is 23.2 Å². The largest absolute Gasteiger partial charge is 0.273 e. The third-order valence-corrected chi connectivity index (χ3v) is 6.77. The number of aromatic nitrogens is 3. The first-order chi connectivity index (χ1) is 12.8. The van der Waals surface area contributed by atoms with Crippen LogP contribution in [0.25, 0.3) is 5.00 Å². The molecule has 0 aliphatic carbocycles. The summed E-state index contributed by atoms with van der Waals surface area (Å²) in [5.41, 5.74) is 5.62. The van der Waals surface area contributed by atoms with E-state index in [4.69, 9.17) is 16.6 Å². The fraction of sp³-hybridized carbons (Fsp3) is 0.381. The molecule has 0 saturated heterocycles. The van der Waals surface area contributed by atoms with Crippen molar-refractivity contribution in [3.05, 3.63) is 62.0 Å². The maximum Gasteiger partial charge on any atom is 0.162 e. The number of aryl methyl sites for hydroxylation is 2. The minimum absolute atomic E-state index is 0.0796. The van der Waals surface area contributed by atoms with Gasteiger partial charge in [0.05, 0.1) is 5.71 Å². The van der Waals surface area contributed by atoms with Crippen molar-refractivity contribution in [2.24, 2.45) is 4.99 Å². The molecule has 0 amide bonds. The lowest BCUT2D eigenvalue weighted by Crippen LogP contribution is -2.07. The first-order valence-corrected chi connectivity index (χ1v) is 10.4. The zero-order valence-electron chi connectivity index (χ0n) is 16.5. The molecule has 1 atom stereocenters. The van der Waals surface area contributed by atoms with Gasteiger partial charge < -0.3 is 0 Å². The zero-order chi connectivity index (χ0) is 19.5. The SMILES string of the molecule is Cc1sc2c(c1C)C(c1ccc(C(C)C)c(Cl)c1)=NC(C)c1nnc(C)n1-2. The van der Waals surface area contributed by atoms with Crippen LogP contribution in [0, 0.1) is 20.8 Å². The van der Waals surface area contributed by atoms with E-state index in [2.05, 4.69) is 67.6 Å². The van der Waals surface area contributed by atoms with Crippen LogP contribution in [0.3, 0.4) is 0 Å². The van der Waals surface area contributed by atoms with Crippen LogP contribution < -0.4 is 0 Å². The highest BCUT2D eigenvalue weighted by atomic mass is 35.5. The Labute approximate surface area is 168 Å². The predicted octanol–water partition coefficient (Wildman–Crippen LogP) is 5.94. The lowest BCUT2D eigenvalue weighted by atomic mass is 9.96. The van der Waals surface area contributed by atoms with Crippen molar-refractivity contribution in [3.8, 4) is 5.00 Å². The van der Waals surface area contributed by atoms with Crippen LogP contribution in [-0.2, 0) is 0 Å². The average molecular weight is 399 g/mol. The van der Waals surface area contributed by atoms with E-state index >= 15 is 0 Å². The number of aliphatic imine (C=N–C) groups is 1. The molecule has 4 rings (SSSR count). The van der Waals surface area contributed by atoms with E-state index in [9.17, 15) is 0 Å². The number of nitrogens with zero attached hydrogens (tertiary/aromatic N) is 4. The van der Waals surface area contributed by atoms with Crippen LogP contribution in [0.5, 0.6) is 0 Å². The fourth-order valence-electron chi connectivity index (χ4n) is 3.62. The molecule has 140 valence electrons. The summed E-state index contributed by atoms with van der Waals surface area (Å²) < 4.78 is 2.16. The highest BCUT2D eigenvalue weighted by molar-refractivity contribution is 7.15. The lowest BCUT2D eigenvalue weighted by Gasteiger charge is -2.13. The van der Waals surface area contributed by atoms with Crippen molar-refractivity contribution in [3.63, 3.8) is 0 Å². The van der Waals surface area contributed by atoms with Crippen molar-refractivity contribution in [2.75, 3.05) is 0 Å². The van der Waals surface area contributed by atoms with Gasteiger partial charge in [0.1, 0.15) is 16.9 Å². The third kappa shape index (κ3) is 2.84. The summed E-state index contributed by atoms with van der Waals surface area (Å²) in [6, 6.07) is 6.24. The molecule has 0 fully saturated rings. The van der Waals surface area contributed by atoms with E-state index in [1.54, 1.807) is 11.3 Å². The molecule has 0 N–H and O–H groups in total. The van der Waals surface area contributed by atoms with E-state index < -0.39 is 0 Å². The Morgan fingerprint density at radius 3 is 2.56 bits per heavy atom. The van der Waals surface area contributed by atoms with Crippen molar-refractivity contribution < 1.29 is 0 Å². The minimum atomic E-state index is -0.0796. The highest BCUT2D eigenvalue weighted by Gasteiger charge is 2.29. The summed E-state index contributed by atoms with van der Waals surface area (Å²) in [6.45, 7) is 12.7. The van der Waals surface area contributed by atoms with Gasteiger partial charge in [-0.2, -0.15) is 0 Å². The van der Waals surface area contributed by atoms with Gasteiger partial charge in [0.25, 0.3) is 0 Å². The Bertz CT molecular complexity index is 1070.